The fourth-order valence-corrected chi connectivity index (χ4v) is 2.15. The van der Waals surface area contributed by atoms with Crippen molar-refractivity contribution in [2.24, 2.45) is 0 Å². The summed E-state index contributed by atoms with van der Waals surface area (Å²) < 4.78 is 42.5. The van der Waals surface area contributed by atoms with Crippen LogP contribution in [0.5, 0.6) is 0 Å². The summed E-state index contributed by atoms with van der Waals surface area (Å²) in [6.07, 6.45) is -4.09. The number of ether oxygens (including phenoxy) is 1. The third-order valence-corrected chi connectivity index (χ3v) is 3.42. The number of alkyl halides is 3. The molecule has 1 atom stereocenters. The number of nitrogens with one attached hydrogen (secondary N) is 1. The van der Waals surface area contributed by atoms with Crippen LogP contribution in [-0.4, -0.2) is 51.3 Å². The molecule has 0 bridgehead atoms. The van der Waals surface area contributed by atoms with Crippen LogP contribution in [-0.2, 0) is 14.3 Å². The van der Waals surface area contributed by atoms with Gasteiger partial charge in [-0.15, -0.1) is 0 Å². The van der Waals surface area contributed by atoms with Crippen molar-refractivity contribution in [3.05, 3.63) is 40.3 Å². The van der Waals surface area contributed by atoms with Crippen LogP contribution in [0, 0.1) is 10.1 Å². The number of Topliss-reactive ketones (excluding diaryl/α,β-unsaturated/α-hetero) is 1. The fourth-order valence-electron chi connectivity index (χ4n) is 2.15. The molecule has 27 heavy (non-hydrogen) atoms. The standard InChI is InChI=1S/C14H11F3N4O6/c1-27-12(23)8(19-13(24)14(15,16)17)4-10(22)9-5-18-11-3-2-7(21(25)26)6-20(9)11/h2-3,5-6,8H,4H2,1H3,(H,19,24)/t8-/m0/s1. The Labute approximate surface area is 148 Å². The van der Waals surface area contributed by atoms with E-state index in [1.165, 1.54) is 11.4 Å². The van der Waals surface area contributed by atoms with E-state index in [2.05, 4.69) is 9.72 Å². The number of nitrogens with zero attached hydrogens (tertiary/aromatic N) is 3. The number of methoxy groups -OCH3 is 1. The van der Waals surface area contributed by atoms with Crippen molar-refractivity contribution >= 4 is 29.0 Å². The van der Waals surface area contributed by atoms with E-state index in [1.54, 1.807) is 0 Å². The van der Waals surface area contributed by atoms with Gasteiger partial charge in [-0.2, -0.15) is 13.2 Å². The van der Waals surface area contributed by atoms with Crippen LogP contribution in [0.15, 0.2) is 24.5 Å². The van der Waals surface area contributed by atoms with Crippen molar-refractivity contribution in [1.29, 1.82) is 0 Å². The van der Waals surface area contributed by atoms with E-state index in [9.17, 15) is 37.7 Å². The molecule has 0 spiro atoms. The summed E-state index contributed by atoms with van der Waals surface area (Å²) in [4.78, 5) is 49.0. The van der Waals surface area contributed by atoms with Crippen molar-refractivity contribution in [2.75, 3.05) is 7.11 Å². The Morgan fingerprint density at radius 3 is 2.59 bits per heavy atom. The molecule has 0 aliphatic rings. The number of imidazole rings is 1. The SMILES string of the molecule is COC(=O)[C@H](CC(=O)c1cnc2ccc([N+](=O)[O-])cn12)NC(=O)C(F)(F)F. The number of pyridine rings is 1. The van der Waals surface area contributed by atoms with E-state index in [0.29, 0.717) is 0 Å². The lowest BCUT2D eigenvalue weighted by Crippen LogP contribution is -2.48. The molecule has 0 fully saturated rings. The minimum atomic E-state index is -5.26. The second kappa shape index (κ2) is 7.39. The first-order valence-electron chi connectivity index (χ1n) is 7.14. The van der Waals surface area contributed by atoms with Gasteiger partial charge in [0.2, 0.25) is 0 Å². The normalized spacial score (nSPS) is 12.4. The molecular weight excluding hydrogens is 377 g/mol. The summed E-state index contributed by atoms with van der Waals surface area (Å²) in [5, 5.41) is 12.2. The van der Waals surface area contributed by atoms with Crippen LogP contribution in [0.4, 0.5) is 18.9 Å². The van der Waals surface area contributed by atoms with Crippen LogP contribution in [0.2, 0.25) is 0 Å². The average Bonchev–Trinajstić information content (AvgIpc) is 3.02. The zero-order valence-electron chi connectivity index (χ0n) is 13.5. The van der Waals surface area contributed by atoms with E-state index in [0.717, 1.165) is 30.0 Å². The Morgan fingerprint density at radius 1 is 1.37 bits per heavy atom. The molecule has 0 aromatic carbocycles. The van der Waals surface area contributed by atoms with Crippen molar-refractivity contribution in [1.82, 2.24) is 14.7 Å². The maximum Gasteiger partial charge on any atom is 0.471 e. The number of ketones is 1. The number of fused-ring (bicyclic) bond motifs is 1. The molecule has 0 radical (unpaired) electrons. The van der Waals surface area contributed by atoms with Gasteiger partial charge in [0.05, 0.1) is 24.4 Å². The molecule has 13 heteroatoms. The number of nitro groups is 1. The quantitative estimate of drug-likeness (QED) is 0.338. The van der Waals surface area contributed by atoms with Crippen LogP contribution in [0.1, 0.15) is 16.9 Å². The number of aromatic nitrogens is 2. The van der Waals surface area contributed by atoms with Gasteiger partial charge in [-0.25, -0.2) is 9.78 Å². The van der Waals surface area contributed by atoms with Gasteiger partial charge in [0.1, 0.15) is 17.4 Å². The Balaban J connectivity index is 2.30. The maximum atomic E-state index is 12.4. The van der Waals surface area contributed by atoms with Crippen molar-refractivity contribution in [3.8, 4) is 0 Å². The molecule has 0 aliphatic carbocycles. The highest BCUT2D eigenvalue weighted by molar-refractivity contribution is 5.99. The van der Waals surface area contributed by atoms with Crippen molar-refractivity contribution < 1.29 is 37.2 Å². The first-order valence-corrected chi connectivity index (χ1v) is 7.14. The minimum Gasteiger partial charge on any atom is -0.467 e. The molecule has 10 nitrogen and oxygen atoms in total. The fraction of sp³-hybridized carbons (Fsp3) is 0.286. The number of amides is 1. The highest BCUT2D eigenvalue weighted by Gasteiger charge is 2.41. The Hall–Kier alpha value is -3.51. The van der Waals surface area contributed by atoms with E-state index in [4.69, 9.17) is 0 Å². The Bertz CT molecular complexity index is 923. The summed E-state index contributed by atoms with van der Waals surface area (Å²) in [5.41, 5.74) is -0.411. The zero-order chi connectivity index (χ0) is 20.4. The van der Waals surface area contributed by atoms with E-state index in [1.807, 2.05) is 0 Å². The van der Waals surface area contributed by atoms with Crippen molar-refractivity contribution in [3.63, 3.8) is 0 Å². The lowest BCUT2D eigenvalue weighted by atomic mass is 10.1. The number of carbonyl (C=O) groups is 3. The van der Waals surface area contributed by atoms with Gasteiger partial charge in [0.15, 0.2) is 5.78 Å². The minimum absolute atomic E-state index is 0.165. The monoisotopic (exact) mass is 388 g/mol. The second-order valence-electron chi connectivity index (χ2n) is 5.19. The predicted molar refractivity (Wildman–Crippen MR) is 80.8 cm³/mol. The molecule has 0 unspecified atom stereocenters. The summed E-state index contributed by atoms with van der Waals surface area (Å²) >= 11 is 0. The number of halogens is 3. The Morgan fingerprint density at radius 2 is 2.04 bits per heavy atom. The van der Waals surface area contributed by atoms with E-state index >= 15 is 0 Å². The summed E-state index contributed by atoms with van der Waals surface area (Å²) in [6, 6.07) is 0.510. The lowest BCUT2D eigenvalue weighted by Gasteiger charge is -2.16. The third-order valence-electron chi connectivity index (χ3n) is 3.42. The highest BCUT2D eigenvalue weighted by atomic mass is 19.4. The molecule has 1 amide bonds. The largest absolute Gasteiger partial charge is 0.471 e. The smallest absolute Gasteiger partial charge is 0.467 e. The van der Waals surface area contributed by atoms with Crippen LogP contribution in [0.25, 0.3) is 5.65 Å². The van der Waals surface area contributed by atoms with Gasteiger partial charge in [0, 0.05) is 12.5 Å². The molecule has 0 aliphatic heterocycles. The molecule has 0 saturated carbocycles. The molecule has 2 aromatic rings. The van der Waals surface area contributed by atoms with Crippen LogP contribution < -0.4 is 5.32 Å². The molecule has 2 heterocycles. The number of carbonyl (C=O) groups excluding carboxylic acids is 3. The van der Waals surface area contributed by atoms with E-state index in [-0.39, 0.29) is 17.0 Å². The number of hydrogen-bond donors (Lipinski definition) is 1. The van der Waals surface area contributed by atoms with Crippen LogP contribution in [0.3, 0.4) is 0 Å². The lowest BCUT2D eigenvalue weighted by molar-refractivity contribution is -0.385. The highest BCUT2D eigenvalue weighted by Crippen LogP contribution is 2.18. The van der Waals surface area contributed by atoms with Gasteiger partial charge in [-0.1, -0.05) is 0 Å². The first-order chi connectivity index (χ1) is 12.5. The molecule has 1 N–H and O–H groups in total. The van der Waals surface area contributed by atoms with Gasteiger partial charge in [-0.05, 0) is 6.07 Å². The summed E-state index contributed by atoms with van der Waals surface area (Å²) in [6.45, 7) is 0. The third kappa shape index (κ3) is 4.37. The van der Waals surface area contributed by atoms with Crippen molar-refractivity contribution in [2.45, 2.75) is 18.6 Å². The van der Waals surface area contributed by atoms with Gasteiger partial charge >= 0.3 is 18.1 Å². The molecular formula is C14H11F3N4O6. The molecule has 2 rings (SSSR count). The Kier molecular flexibility index (Phi) is 5.42. The summed E-state index contributed by atoms with van der Waals surface area (Å²) in [7, 11) is 0.872. The second-order valence-corrected chi connectivity index (χ2v) is 5.19. The van der Waals surface area contributed by atoms with Crippen LogP contribution >= 0.6 is 0 Å². The molecule has 2 aromatic heterocycles. The van der Waals surface area contributed by atoms with E-state index < -0.39 is 41.2 Å². The number of hydrogen-bond acceptors (Lipinski definition) is 7. The molecule has 144 valence electrons. The van der Waals surface area contributed by atoms with Gasteiger partial charge in [-0.3, -0.25) is 24.1 Å². The zero-order valence-corrected chi connectivity index (χ0v) is 13.5. The topological polar surface area (TPSA) is 133 Å². The number of esters is 1. The van der Waals surface area contributed by atoms with Gasteiger partial charge < -0.3 is 10.1 Å². The average molecular weight is 388 g/mol. The number of rotatable bonds is 6. The maximum absolute atomic E-state index is 12.4. The molecule has 0 saturated heterocycles. The van der Waals surface area contributed by atoms with Gasteiger partial charge in [0.25, 0.3) is 5.69 Å². The predicted octanol–water partition coefficient (Wildman–Crippen LogP) is 1.04. The first kappa shape index (κ1) is 19.8. The summed E-state index contributed by atoms with van der Waals surface area (Å²) in [5.74, 6) is -4.57.